The summed E-state index contributed by atoms with van der Waals surface area (Å²) in [5.41, 5.74) is 6.32. The second-order valence-electron chi connectivity index (χ2n) is 3.90. The van der Waals surface area contributed by atoms with Crippen molar-refractivity contribution >= 4 is 27.8 Å². The van der Waals surface area contributed by atoms with Crippen LogP contribution < -0.4 is 15.8 Å². The lowest BCUT2D eigenvalue weighted by atomic mass is 10.2. The molecule has 5 heteroatoms. The van der Waals surface area contributed by atoms with E-state index in [0.717, 1.165) is 18.0 Å². The maximum Gasteiger partial charge on any atom is 0.176 e. The monoisotopic (exact) mass is 256 g/mol. The highest BCUT2D eigenvalue weighted by molar-refractivity contribution is 7.19. The van der Waals surface area contributed by atoms with Gasteiger partial charge in [0, 0.05) is 13.5 Å². The van der Waals surface area contributed by atoms with Gasteiger partial charge in [0.05, 0.1) is 17.7 Å². The number of ketones is 1. The van der Waals surface area contributed by atoms with E-state index in [2.05, 4.69) is 12.2 Å². The summed E-state index contributed by atoms with van der Waals surface area (Å²) >= 11 is 1.37. The van der Waals surface area contributed by atoms with E-state index in [1.807, 2.05) is 0 Å². The van der Waals surface area contributed by atoms with Crippen molar-refractivity contribution in [2.75, 3.05) is 24.7 Å². The third-order valence-corrected chi connectivity index (χ3v) is 3.73. The van der Waals surface area contributed by atoms with Crippen LogP contribution in [0.15, 0.2) is 0 Å². The van der Waals surface area contributed by atoms with Crippen molar-refractivity contribution < 1.29 is 9.53 Å². The molecule has 0 amide bonds. The van der Waals surface area contributed by atoms with Gasteiger partial charge in [-0.15, -0.1) is 11.3 Å². The first-order valence-corrected chi connectivity index (χ1v) is 6.64. The molecule has 1 rings (SSSR count). The van der Waals surface area contributed by atoms with E-state index >= 15 is 0 Å². The lowest BCUT2D eigenvalue weighted by Crippen LogP contribution is -2.01. The standard InChI is InChI=1S/C12H20N2O2S/c1-4-5-6-7-14-12-10(16-3)9(13)11(17-12)8(2)15/h14H,4-7,13H2,1-3H3. The number of rotatable bonds is 7. The van der Waals surface area contributed by atoms with Gasteiger partial charge in [0.2, 0.25) is 0 Å². The van der Waals surface area contributed by atoms with Gasteiger partial charge in [-0.1, -0.05) is 19.8 Å². The van der Waals surface area contributed by atoms with Crippen molar-refractivity contribution in [3.8, 4) is 5.75 Å². The molecule has 0 atom stereocenters. The van der Waals surface area contributed by atoms with Crippen LogP contribution in [0.1, 0.15) is 42.8 Å². The summed E-state index contributed by atoms with van der Waals surface area (Å²) in [4.78, 5) is 11.9. The minimum absolute atomic E-state index is 0.0209. The summed E-state index contributed by atoms with van der Waals surface area (Å²) in [6, 6.07) is 0. The molecular weight excluding hydrogens is 236 g/mol. The molecular formula is C12H20N2O2S. The van der Waals surface area contributed by atoms with Crippen LogP contribution in [0.4, 0.5) is 10.7 Å². The zero-order valence-corrected chi connectivity index (χ0v) is 11.4. The SMILES string of the molecule is CCCCCNc1sc(C(C)=O)c(N)c1OC. The van der Waals surface area contributed by atoms with Gasteiger partial charge in [0.15, 0.2) is 11.5 Å². The Labute approximate surface area is 106 Å². The first-order chi connectivity index (χ1) is 8.11. The fraction of sp³-hybridized carbons (Fsp3) is 0.583. The maximum absolute atomic E-state index is 11.4. The molecule has 1 aromatic heterocycles. The molecule has 0 aliphatic carbocycles. The summed E-state index contributed by atoms with van der Waals surface area (Å²) in [5.74, 6) is 0.573. The summed E-state index contributed by atoms with van der Waals surface area (Å²) in [6.07, 6.45) is 3.48. The van der Waals surface area contributed by atoms with E-state index in [1.165, 1.54) is 31.1 Å². The lowest BCUT2D eigenvalue weighted by molar-refractivity contribution is 0.102. The zero-order chi connectivity index (χ0) is 12.8. The number of unbranched alkanes of at least 4 members (excludes halogenated alkanes) is 2. The Morgan fingerprint density at radius 3 is 2.71 bits per heavy atom. The molecule has 0 unspecified atom stereocenters. The number of thiophene rings is 1. The van der Waals surface area contributed by atoms with Crippen LogP contribution in [0.5, 0.6) is 5.75 Å². The highest BCUT2D eigenvalue weighted by Gasteiger charge is 2.18. The molecule has 1 heterocycles. The number of anilines is 2. The third-order valence-electron chi connectivity index (χ3n) is 2.49. The number of nitrogen functional groups attached to an aromatic ring is 1. The second-order valence-corrected chi connectivity index (χ2v) is 4.92. The molecule has 0 aromatic carbocycles. The van der Waals surface area contributed by atoms with E-state index in [1.54, 1.807) is 7.11 Å². The number of ether oxygens (including phenoxy) is 1. The van der Waals surface area contributed by atoms with Crippen LogP contribution in [0.2, 0.25) is 0 Å². The molecule has 96 valence electrons. The summed E-state index contributed by atoms with van der Waals surface area (Å²) in [7, 11) is 1.57. The molecule has 0 aliphatic heterocycles. The fourth-order valence-electron chi connectivity index (χ4n) is 1.59. The number of nitrogens with two attached hydrogens (primary N) is 1. The van der Waals surface area contributed by atoms with Gasteiger partial charge in [-0.2, -0.15) is 0 Å². The van der Waals surface area contributed by atoms with Crippen LogP contribution in [0.3, 0.4) is 0 Å². The zero-order valence-electron chi connectivity index (χ0n) is 10.6. The molecule has 0 saturated heterocycles. The maximum atomic E-state index is 11.4. The number of carbonyl (C=O) groups excluding carboxylic acids is 1. The first kappa shape index (κ1) is 13.8. The normalized spacial score (nSPS) is 10.3. The van der Waals surface area contributed by atoms with Crippen LogP contribution in [0.25, 0.3) is 0 Å². The average molecular weight is 256 g/mol. The van der Waals surface area contributed by atoms with Gasteiger partial charge >= 0.3 is 0 Å². The van der Waals surface area contributed by atoms with Gasteiger partial charge in [-0.3, -0.25) is 4.79 Å². The number of hydrogen-bond donors (Lipinski definition) is 2. The predicted octanol–water partition coefficient (Wildman–Crippen LogP) is 3.14. The van der Waals surface area contributed by atoms with Crippen molar-refractivity contribution in [1.29, 1.82) is 0 Å². The average Bonchev–Trinajstić information content (AvgIpc) is 2.61. The summed E-state index contributed by atoms with van der Waals surface area (Å²) in [6.45, 7) is 4.56. The minimum Gasteiger partial charge on any atom is -0.492 e. The first-order valence-electron chi connectivity index (χ1n) is 5.82. The molecule has 0 fully saturated rings. The van der Waals surface area contributed by atoms with Crippen LogP contribution in [-0.2, 0) is 0 Å². The molecule has 0 bridgehead atoms. The number of carbonyl (C=O) groups is 1. The topological polar surface area (TPSA) is 64.4 Å². The van der Waals surface area contributed by atoms with Crippen LogP contribution in [0, 0.1) is 0 Å². The molecule has 17 heavy (non-hydrogen) atoms. The van der Waals surface area contributed by atoms with Crippen molar-refractivity contribution in [3.63, 3.8) is 0 Å². The van der Waals surface area contributed by atoms with Crippen LogP contribution >= 0.6 is 11.3 Å². The smallest absolute Gasteiger partial charge is 0.176 e. The van der Waals surface area contributed by atoms with Gasteiger partial charge in [0.25, 0.3) is 0 Å². The number of hydrogen-bond acceptors (Lipinski definition) is 5. The number of methoxy groups -OCH3 is 1. The Hall–Kier alpha value is -1.23. The largest absolute Gasteiger partial charge is 0.492 e. The lowest BCUT2D eigenvalue weighted by Gasteiger charge is -2.06. The molecule has 4 nitrogen and oxygen atoms in total. The molecule has 3 N–H and O–H groups in total. The summed E-state index contributed by atoms with van der Waals surface area (Å²) in [5, 5.41) is 4.13. The molecule has 0 saturated carbocycles. The quantitative estimate of drug-likeness (QED) is 0.581. The Morgan fingerprint density at radius 1 is 1.47 bits per heavy atom. The van der Waals surface area contributed by atoms with Crippen LogP contribution in [-0.4, -0.2) is 19.4 Å². The van der Waals surface area contributed by atoms with Crippen molar-refractivity contribution in [2.45, 2.75) is 33.1 Å². The Morgan fingerprint density at radius 2 is 2.18 bits per heavy atom. The molecule has 0 spiro atoms. The minimum atomic E-state index is -0.0209. The highest BCUT2D eigenvalue weighted by Crippen LogP contribution is 2.42. The van der Waals surface area contributed by atoms with Gasteiger partial charge < -0.3 is 15.8 Å². The Bertz CT molecular complexity index is 388. The molecule has 0 radical (unpaired) electrons. The van der Waals surface area contributed by atoms with Gasteiger partial charge in [-0.25, -0.2) is 0 Å². The Balaban J connectivity index is 2.77. The highest BCUT2D eigenvalue weighted by atomic mass is 32.1. The van der Waals surface area contributed by atoms with E-state index in [4.69, 9.17) is 10.5 Å². The number of nitrogens with one attached hydrogen (secondary N) is 1. The third kappa shape index (κ3) is 3.36. The fourth-order valence-corrected chi connectivity index (χ4v) is 2.60. The van der Waals surface area contributed by atoms with Crippen molar-refractivity contribution in [2.24, 2.45) is 0 Å². The van der Waals surface area contributed by atoms with Gasteiger partial charge in [0.1, 0.15) is 5.00 Å². The van der Waals surface area contributed by atoms with Crippen molar-refractivity contribution in [1.82, 2.24) is 0 Å². The van der Waals surface area contributed by atoms with E-state index in [9.17, 15) is 4.79 Å². The number of Topliss-reactive ketones (excluding diaryl/α,β-unsaturated/α-hetero) is 1. The summed E-state index contributed by atoms with van der Waals surface area (Å²) < 4.78 is 5.23. The molecule has 1 aromatic rings. The van der Waals surface area contributed by atoms with E-state index < -0.39 is 0 Å². The van der Waals surface area contributed by atoms with E-state index in [-0.39, 0.29) is 5.78 Å². The predicted molar refractivity (Wildman–Crippen MR) is 73.3 cm³/mol. The van der Waals surface area contributed by atoms with E-state index in [0.29, 0.717) is 16.3 Å². The second kappa shape index (κ2) is 6.49. The molecule has 0 aliphatic rings. The van der Waals surface area contributed by atoms with Crippen molar-refractivity contribution in [3.05, 3.63) is 4.88 Å². The van der Waals surface area contributed by atoms with Gasteiger partial charge in [-0.05, 0) is 6.42 Å². The Kier molecular flexibility index (Phi) is 5.28.